The largest absolute Gasteiger partial charge is 0.496 e. The number of methoxy groups -OCH3 is 1. The highest BCUT2D eigenvalue weighted by Gasteiger charge is 2.13. The van der Waals surface area contributed by atoms with Crippen LogP contribution >= 0.6 is 11.6 Å². The van der Waals surface area contributed by atoms with Gasteiger partial charge in [0.1, 0.15) is 11.5 Å². The predicted octanol–water partition coefficient (Wildman–Crippen LogP) is 3.28. The van der Waals surface area contributed by atoms with Gasteiger partial charge in [0.05, 0.1) is 19.3 Å². The lowest BCUT2D eigenvalue weighted by Gasteiger charge is -2.11. The Morgan fingerprint density at radius 2 is 1.81 bits per heavy atom. The fraction of sp³-hybridized carbons (Fsp3) is 0.263. The lowest BCUT2D eigenvalue weighted by Crippen LogP contribution is -2.41. The molecule has 0 spiro atoms. The first-order chi connectivity index (χ1) is 12.5. The molecule has 0 atom stereocenters. The van der Waals surface area contributed by atoms with Crippen LogP contribution in [0.15, 0.2) is 42.5 Å². The van der Waals surface area contributed by atoms with Crippen molar-refractivity contribution in [2.45, 2.75) is 19.8 Å². The van der Waals surface area contributed by atoms with Gasteiger partial charge in [0.2, 0.25) is 5.91 Å². The summed E-state index contributed by atoms with van der Waals surface area (Å²) in [5.41, 5.74) is 6.11. The molecule has 0 aliphatic heterocycles. The third-order valence-electron chi connectivity index (χ3n) is 3.56. The molecule has 2 N–H and O–H groups in total. The zero-order chi connectivity index (χ0) is 18.9. The van der Waals surface area contributed by atoms with Crippen LogP contribution in [0.1, 0.15) is 28.8 Å². The zero-order valence-electron chi connectivity index (χ0n) is 14.7. The SMILES string of the molecule is COc1ccc(Cl)cc1C(=O)NNC(=O)CCCOc1ccc(C)cc1. The minimum absolute atomic E-state index is 0.221. The van der Waals surface area contributed by atoms with Crippen molar-refractivity contribution in [3.8, 4) is 11.5 Å². The highest BCUT2D eigenvalue weighted by atomic mass is 35.5. The van der Waals surface area contributed by atoms with E-state index in [1.54, 1.807) is 12.1 Å². The Kier molecular flexibility index (Phi) is 7.29. The minimum Gasteiger partial charge on any atom is -0.496 e. The lowest BCUT2D eigenvalue weighted by atomic mass is 10.2. The first-order valence-corrected chi connectivity index (χ1v) is 8.49. The van der Waals surface area contributed by atoms with Crippen LogP contribution in [0.25, 0.3) is 0 Å². The van der Waals surface area contributed by atoms with Crippen LogP contribution in [-0.4, -0.2) is 25.5 Å². The van der Waals surface area contributed by atoms with Crippen LogP contribution < -0.4 is 20.3 Å². The number of benzene rings is 2. The van der Waals surface area contributed by atoms with E-state index in [9.17, 15) is 9.59 Å². The molecule has 2 rings (SSSR count). The van der Waals surface area contributed by atoms with Crippen molar-refractivity contribution < 1.29 is 19.1 Å². The predicted molar refractivity (Wildman–Crippen MR) is 99.5 cm³/mol. The van der Waals surface area contributed by atoms with Crippen molar-refractivity contribution in [3.63, 3.8) is 0 Å². The molecule has 0 bridgehead atoms. The third-order valence-corrected chi connectivity index (χ3v) is 3.79. The molecule has 0 saturated carbocycles. The molecule has 0 aromatic heterocycles. The average Bonchev–Trinajstić information content (AvgIpc) is 2.64. The van der Waals surface area contributed by atoms with E-state index in [0.29, 0.717) is 23.8 Å². The number of halogens is 1. The maximum Gasteiger partial charge on any atom is 0.273 e. The van der Waals surface area contributed by atoms with E-state index < -0.39 is 5.91 Å². The Labute approximate surface area is 157 Å². The minimum atomic E-state index is -0.506. The van der Waals surface area contributed by atoms with Gasteiger partial charge in [-0.1, -0.05) is 29.3 Å². The Morgan fingerprint density at radius 1 is 1.08 bits per heavy atom. The topological polar surface area (TPSA) is 76.7 Å². The number of aryl methyl sites for hydroxylation is 1. The number of carbonyl (C=O) groups excluding carboxylic acids is 2. The van der Waals surface area contributed by atoms with Crippen molar-refractivity contribution in [1.29, 1.82) is 0 Å². The number of hydrogen-bond donors (Lipinski definition) is 2. The quantitative estimate of drug-likeness (QED) is 0.574. The number of hydrogen-bond acceptors (Lipinski definition) is 4. The summed E-state index contributed by atoms with van der Waals surface area (Å²) in [5.74, 6) is 0.311. The van der Waals surface area contributed by atoms with E-state index in [1.165, 1.54) is 13.2 Å². The van der Waals surface area contributed by atoms with Gasteiger partial charge in [-0.25, -0.2) is 0 Å². The second-order valence-corrected chi connectivity index (χ2v) is 6.05. The second kappa shape index (κ2) is 9.68. The maximum absolute atomic E-state index is 12.1. The first-order valence-electron chi connectivity index (χ1n) is 8.12. The fourth-order valence-electron chi connectivity index (χ4n) is 2.17. The van der Waals surface area contributed by atoms with Gasteiger partial charge >= 0.3 is 0 Å². The summed E-state index contributed by atoms with van der Waals surface area (Å²) in [6, 6.07) is 12.4. The van der Waals surface area contributed by atoms with Crippen molar-refractivity contribution in [3.05, 3.63) is 58.6 Å². The van der Waals surface area contributed by atoms with Crippen LogP contribution in [0.3, 0.4) is 0 Å². The molecule has 2 aromatic carbocycles. The van der Waals surface area contributed by atoms with Crippen LogP contribution in [0, 0.1) is 6.92 Å². The summed E-state index contributed by atoms with van der Waals surface area (Å²) in [4.78, 5) is 24.0. The molecular weight excluding hydrogens is 356 g/mol. The van der Waals surface area contributed by atoms with Crippen LogP contribution in [-0.2, 0) is 4.79 Å². The Balaban J connectivity index is 1.72. The van der Waals surface area contributed by atoms with Gasteiger partial charge in [0, 0.05) is 11.4 Å². The molecule has 0 radical (unpaired) electrons. The van der Waals surface area contributed by atoms with Gasteiger partial charge in [-0.3, -0.25) is 20.4 Å². The van der Waals surface area contributed by atoms with Gasteiger partial charge in [0.25, 0.3) is 5.91 Å². The van der Waals surface area contributed by atoms with E-state index in [0.717, 1.165) is 11.3 Å². The monoisotopic (exact) mass is 376 g/mol. The summed E-state index contributed by atoms with van der Waals surface area (Å²) in [6.07, 6.45) is 0.745. The van der Waals surface area contributed by atoms with Gasteiger partial charge in [-0.05, 0) is 43.7 Å². The van der Waals surface area contributed by atoms with Crippen LogP contribution in [0.4, 0.5) is 0 Å². The molecule has 7 heteroatoms. The van der Waals surface area contributed by atoms with Gasteiger partial charge < -0.3 is 9.47 Å². The highest BCUT2D eigenvalue weighted by molar-refractivity contribution is 6.31. The molecule has 2 amide bonds. The molecule has 0 saturated heterocycles. The van der Waals surface area contributed by atoms with E-state index in [4.69, 9.17) is 21.1 Å². The maximum atomic E-state index is 12.1. The third kappa shape index (κ3) is 5.97. The molecule has 0 unspecified atom stereocenters. The van der Waals surface area contributed by atoms with Gasteiger partial charge in [-0.2, -0.15) is 0 Å². The number of rotatable bonds is 7. The molecule has 26 heavy (non-hydrogen) atoms. The highest BCUT2D eigenvalue weighted by Crippen LogP contribution is 2.22. The standard InChI is InChI=1S/C19H21ClN2O4/c1-13-5-8-15(9-6-13)26-11-3-4-18(23)21-22-19(24)16-12-14(20)7-10-17(16)25-2/h5-10,12H,3-4,11H2,1-2H3,(H,21,23)(H,22,24). The molecule has 2 aromatic rings. The molecule has 6 nitrogen and oxygen atoms in total. The van der Waals surface area contributed by atoms with Gasteiger partial charge in [0.15, 0.2) is 0 Å². The lowest BCUT2D eigenvalue weighted by molar-refractivity contribution is -0.122. The molecule has 0 heterocycles. The second-order valence-electron chi connectivity index (χ2n) is 5.61. The summed E-state index contributed by atoms with van der Waals surface area (Å²) < 4.78 is 10.7. The molecular formula is C19H21ClN2O4. The van der Waals surface area contributed by atoms with E-state index in [2.05, 4.69) is 10.9 Å². The smallest absolute Gasteiger partial charge is 0.273 e. The van der Waals surface area contributed by atoms with E-state index in [-0.39, 0.29) is 17.9 Å². The summed E-state index contributed by atoms with van der Waals surface area (Å²) >= 11 is 5.89. The number of nitrogens with one attached hydrogen (secondary N) is 2. The van der Waals surface area contributed by atoms with Crippen LogP contribution in [0.2, 0.25) is 5.02 Å². The number of ether oxygens (including phenoxy) is 2. The Bertz CT molecular complexity index is 763. The molecule has 138 valence electrons. The first kappa shape index (κ1) is 19.6. The van der Waals surface area contributed by atoms with E-state index in [1.807, 2.05) is 31.2 Å². The average molecular weight is 377 g/mol. The number of amides is 2. The van der Waals surface area contributed by atoms with Crippen molar-refractivity contribution in [2.75, 3.05) is 13.7 Å². The van der Waals surface area contributed by atoms with Crippen molar-refractivity contribution in [2.24, 2.45) is 0 Å². The van der Waals surface area contributed by atoms with E-state index >= 15 is 0 Å². The zero-order valence-corrected chi connectivity index (χ0v) is 15.4. The summed E-state index contributed by atoms with van der Waals surface area (Å²) in [6.45, 7) is 2.41. The number of hydrazine groups is 1. The summed E-state index contributed by atoms with van der Waals surface area (Å²) in [5, 5.41) is 0.399. The van der Waals surface area contributed by atoms with Gasteiger partial charge in [-0.15, -0.1) is 0 Å². The van der Waals surface area contributed by atoms with Crippen molar-refractivity contribution in [1.82, 2.24) is 10.9 Å². The normalized spacial score (nSPS) is 10.1. The van der Waals surface area contributed by atoms with Crippen molar-refractivity contribution >= 4 is 23.4 Å². The fourth-order valence-corrected chi connectivity index (χ4v) is 2.34. The Hall–Kier alpha value is -2.73. The molecule has 0 aliphatic carbocycles. The summed E-state index contributed by atoms with van der Waals surface area (Å²) in [7, 11) is 1.45. The number of carbonyl (C=O) groups is 2. The molecule has 0 aliphatic rings. The molecule has 0 fully saturated rings. The van der Waals surface area contributed by atoms with Crippen LogP contribution in [0.5, 0.6) is 11.5 Å². The Morgan fingerprint density at radius 3 is 2.50 bits per heavy atom.